The van der Waals surface area contributed by atoms with Gasteiger partial charge in [-0.3, -0.25) is 4.79 Å². The van der Waals surface area contributed by atoms with E-state index in [9.17, 15) is 9.90 Å². The van der Waals surface area contributed by atoms with E-state index in [1.165, 1.54) is 0 Å². The maximum Gasteiger partial charge on any atom is 0.320 e. The summed E-state index contributed by atoms with van der Waals surface area (Å²) in [6.07, 6.45) is 3.27. The number of aliphatic carboxylic acids is 1. The van der Waals surface area contributed by atoms with Crippen LogP contribution in [0, 0.1) is 5.92 Å². The quantitative estimate of drug-likeness (QED) is 0.582. The summed E-state index contributed by atoms with van der Waals surface area (Å²) in [7, 11) is 0. The highest BCUT2D eigenvalue weighted by Gasteiger charge is 2.40. The Kier molecular flexibility index (Phi) is 2.93. The van der Waals surface area contributed by atoms with Gasteiger partial charge in [0.25, 0.3) is 0 Å². The van der Waals surface area contributed by atoms with Gasteiger partial charge in [-0.05, 0) is 19.8 Å². The molecule has 2 unspecified atom stereocenters. The van der Waals surface area contributed by atoms with Crippen molar-refractivity contribution < 1.29 is 15.0 Å². The summed E-state index contributed by atoms with van der Waals surface area (Å²) in [5.74, 6) is -1.33. The molecule has 0 aromatic carbocycles. The predicted octanol–water partition coefficient (Wildman–Crippen LogP) is 0.339. The van der Waals surface area contributed by atoms with Crippen molar-refractivity contribution in [1.29, 1.82) is 0 Å². The fourth-order valence-corrected chi connectivity index (χ4v) is 2.08. The molecule has 1 rings (SSSR count). The Balaban J connectivity index is 2.70. The van der Waals surface area contributed by atoms with E-state index in [0.29, 0.717) is 12.8 Å². The molecular weight excluding hydrogens is 170 g/mol. The van der Waals surface area contributed by atoms with Crippen LogP contribution in [0.5, 0.6) is 0 Å². The van der Waals surface area contributed by atoms with Gasteiger partial charge < -0.3 is 15.9 Å². The monoisotopic (exact) mass is 187 g/mol. The van der Waals surface area contributed by atoms with Crippen LogP contribution in [0.4, 0.5) is 0 Å². The van der Waals surface area contributed by atoms with Crippen LogP contribution >= 0.6 is 0 Å². The molecule has 0 radical (unpaired) electrons. The van der Waals surface area contributed by atoms with Crippen molar-refractivity contribution in [3.63, 3.8) is 0 Å². The van der Waals surface area contributed by atoms with E-state index in [1.807, 2.05) is 0 Å². The zero-order chi connectivity index (χ0) is 10.1. The van der Waals surface area contributed by atoms with Crippen molar-refractivity contribution >= 4 is 5.97 Å². The molecule has 0 aliphatic heterocycles. The summed E-state index contributed by atoms with van der Waals surface area (Å²) in [4.78, 5) is 10.7. The minimum Gasteiger partial charge on any atom is -0.480 e. The van der Waals surface area contributed by atoms with Gasteiger partial charge in [0.05, 0.1) is 5.60 Å². The second-order valence-corrected chi connectivity index (χ2v) is 4.07. The highest BCUT2D eigenvalue weighted by molar-refractivity contribution is 5.73. The predicted molar refractivity (Wildman–Crippen MR) is 48.2 cm³/mol. The Morgan fingerprint density at radius 2 is 2.23 bits per heavy atom. The highest BCUT2D eigenvalue weighted by Crippen LogP contribution is 2.34. The highest BCUT2D eigenvalue weighted by atomic mass is 16.4. The molecule has 4 heteroatoms. The van der Waals surface area contributed by atoms with Gasteiger partial charge in [-0.15, -0.1) is 0 Å². The van der Waals surface area contributed by atoms with E-state index in [0.717, 1.165) is 12.8 Å². The molecule has 0 aromatic heterocycles. The molecule has 0 aromatic rings. The van der Waals surface area contributed by atoms with Crippen LogP contribution in [-0.2, 0) is 4.79 Å². The van der Waals surface area contributed by atoms with E-state index in [2.05, 4.69) is 0 Å². The van der Waals surface area contributed by atoms with Crippen LogP contribution in [0.3, 0.4) is 0 Å². The van der Waals surface area contributed by atoms with Crippen molar-refractivity contribution in [2.75, 3.05) is 0 Å². The summed E-state index contributed by atoms with van der Waals surface area (Å²) < 4.78 is 0. The van der Waals surface area contributed by atoms with Crippen molar-refractivity contribution in [3.8, 4) is 0 Å². The fraction of sp³-hybridized carbons (Fsp3) is 0.889. The van der Waals surface area contributed by atoms with Gasteiger partial charge >= 0.3 is 5.97 Å². The average molecular weight is 187 g/mol. The number of carboxylic acids is 1. The van der Waals surface area contributed by atoms with Gasteiger partial charge in [0.1, 0.15) is 6.04 Å². The molecule has 76 valence electrons. The maximum atomic E-state index is 10.7. The van der Waals surface area contributed by atoms with Crippen molar-refractivity contribution in [2.45, 2.75) is 44.2 Å². The molecule has 4 N–H and O–H groups in total. The number of nitrogens with two attached hydrogens (primary N) is 1. The van der Waals surface area contributed by atoms with Crippen LogP contribution in [0.2, 0.25) is 0 Å². The van der Waals surface area contributed by atoms with Gasteiger partial charge in [-0.1, -0.05) is 12.8 Å². The lowest BCUT2D eigenvalue weighted by atomic mass is 9.73. The standard InChI is InChI=1S/C9H17NO3/c1-9(13)5-3-2-4-6(9)7(10)8(11)12/h6-7,13H,2-5,10H2,1H3,(H,11,12)/t6?,7-,9?/m1/s1. The molecule has 0 amide bonds. The van der Waals surface area contributed by atoms with Gasteiger partial charge in [-0.2, -0.15) is 0 Å². The maximum absolute atomic E-state index is 10.7. The third kappa shape index (κ3) is 2.19. The number of aliphatic hydroxyl groups is 1. The fourth-order valence-electron chi connectivity index (χ4n) is 2.08. The van der Waals surface area contributed by atoms with Crippen LogP contribution in [0.1, 0.15) is 32.6 Å². The van der Waals surface area contributed by atoms with Crippen molar-refractivity contribution in [2.24, 2.45) is 11.7 Å². The molecule has 1 fully saturated rings. The Hall–Kier alpha value is -0.610. The van der Waals surface area contributed by atoms with E-state index in [1.54, 1.807) is 6.92 Å². The molecule has 1 aliphatic rings. The van der Waals surface area contributed by atoms with Gasteiger partial charge in [0, 0.05) is 5.92 Å². The largest absolute Gasteiger partial charge is 0.480 e. The van der Waals surface area contributed by atoms with Crippen LogP contribution in [-0.4, -0.2) is 27.8 Å². The number of hydrogen-bond acceptors (Lipinski definition) is 3. The van der Waals surface area contributed by atoms with Gasteiger partial charge in [0.2, 0.25) is 0 Å². The molecule has 4 nitrogen and oxygen atoms in total. The molecule has 0 heterocycles. The molecule has 3 atom stereocenters. The lowest BCUT2D eigenvalue weighted by molar-refractivity contribution is -0.144. The van der Waals surface area contributed by atoms with E-state index < -0.39 is 17.6 Å². The second-order valence-electron chi connectivity index (χ2n) is 4.07. The number of carbonyl (C=O) groups is 1. The van der Waals surface area contributed by atoms with E-state index in [-0.39, 0.29) is 5.92 Å². The van der Waals surface area contributed by atoms with Crippen LogP contribution in [0.25, 0.3) is 0 Å². The summed E-state index contributed by atoms with van der Waals surface area (Å²) >= 11 is 0. The van der Waals surface area contributed by atoms with E-state index in [4.69, 9.17) is 10.8 Å². The summed E-state index contributed by atoms with van der Waals surface area (Å²) in [6, 6.07) is -0.935. The Morgan fingerprint density at radius 3 is 2.69 bits per heavy atom. The molecule has 13 heavy (non-hydrogen) atoms. The number of rotatable bonds is 2. The Morgan fingerprint density at radius 1 is 1.62 bits per heavy atom. The zero-order valence-corrected chi connectivity index (χ0v) is 7.86. The third-order valence-corrected chi connectivity index (χ3v) is 2.97. The summed E-state index contributed by atoms with van der Waals surface area (Å²) in [5, 5.41) is 18.6. The lowest BCUT2D eigenvalue weighted by Gasteiger charge is -2.38. The first kappa shape index (κ1) is 10.5. The van der Waals surface area contributed by atoms with Crippen molar-refractivity contribution in [3.05, 3.63) is 0 Å². The zero-order valence-electron chi connectivity index (χ0n) is 7.86. The first-order valence-corrected chi connectivity index (χ1v) is 4.66. The Labute approximate surface area is 77.7 Å². The molecule has 0 bridgehead atoms. The SMILES string of the molecule is CC1(O)CCCCC1[C@@H](N)C(=O)O. The third-order valence-electron chi connectivity index (χ3n) is 2.97. The number of carboxylic acid groups (broad SMARTS) is 1. The molecular formula is C9H17NO3. The van der Waals surface area contributed by atoms with Crippen LogP contribution < -0.4 is 5.73 Å². The Bertz CT molecular complexity index is 203. The topological polar surface area (TPSA) is 83.5 Å². The molecule has 1 saturated carbocycles. The average Bonchev–Trinajstić information content (AvgIpc) is 2.02. The van der Waals surface area contributed by atoms with Gasteiger partial charge in [0.15, 0.2) is 0 Å². The minimum absolute atomic E-state index is 0.307. The first-order valence-electron chi connectivity index (χ1n) is 4.66. The van der Waals surface area contributed by atoms with Gasteiger partial charge in [-0.25, -0.2) is 0 Å². The second kappa shape index (κ2) is 3.64. The molecule has 1 aliphatic carbocycles. The first-order chi connectivity index (χ1) is 5.95. The minimum atomic E-state index is -1.02. The normalized spacial score (nSPS) is 37.0. The smallest absolute Gasteiger partial charge is 0.320 e. The van der Waals surface area contributed by atoms with Crippen LogP contribution in [0.15, 0.2) is 0 Å². The molecule has 0 spiro atoms. The molecule has 0 saturated heterocycles. The van der Waals surface area contributed by atoms with E-state index >= 15 is 0 Å². The number of hydrogen-bond donors (Lipinski definition) is 3. The lowest BCUT2D eigenvalue weighted by Crippen LogP contribution is -2.51. The van der Waals surface area contributed by atoms with Crippen molar-refractivity contribution in [1.82, 2.24) is 0 Å². The summed E-state index contributed by atoms with van der Waals surface area (Å²) in [6.45, 7) is 1.68. The summed E-state index contributed by atoms with van der Waals surface area (Å²) in [5.41, 5.74) is 4.60.